The number of rotatable bonds is 8. The van der Waals surface area contributed by atoms with Gasteiger partial charge in [0, 0.05) is 26.2 Å². The van der Waals surface area contributed by atoms with Gasteiger partial charge in [0.25, 0.3) is 0 Å². The zero-order valence-electron chi connectivity index (χ0n) is 12.3. The molecule has 0 fully saturated rings. The fourth-order valence-corrected chi connectivity index (χ4v) is 2.16. The molecule has 0 aliphatic carbocycles. The lowest BCUT2D eigenvalue weighted by atomic mass is 9.95. The Hall–Kier alpha value is -1.12. The van der Waals surface area contributed by atoms with E-state index in [4.69, 9.17) is 4.98 Å². The van der Waals surface area contributed by atoms with Gasteiger partial charge in [-0.2, -0.15) is 0 Å². The number of unbranched alkanes of at least 4 members (excludes halogenated alkanes) is 3. The van der Waals surface area contributed by atoms with Crippen LogP contribution in [0.1, 0.15) is 64.0 Å². The molecular weight excluding hydrogens is 222 g/mol. The van der Waals surface area contributed by atoms with Crippen molar-refractivity contribution in [2.45, 2.75) is 58.3 Å². The van der Waals surface area contributed by atoms with Crippen molar-refractivity contribution in [3.05, 3.63) is 18.1 Å². The molecule has 0 N–H and O–H groups in total. The Bertz CT molecular complexity index is 336. The van der Waals surface area contributed by atoms with E-state index in [9.17, 15) is 0 Å². The summed E-state index contributed by atoms with van der Waals surface area (Å²) in [4.78, 5) is 11.0. The molecule has 102 valence electrons. The molecule has 1 aromatic heterocycles. The van der Waals surface area contributed by atoms with Crippen molar-refractivity contribution in [2.24, 2.45) is 0 Å². The lowest BCUT2D eigenvalue weighted by molar-refractivity contribution is 0.532. The van der Waals surface area contributed by atoms with Crippen LogP contribution in [0, 0.1) is 0 Å². The average Bonchev–Trinajstić information content (AvgIpc) is 2.39. The molecule has 1 unspecified atom stereocenters. The van der Waals surface area contributed by atoms with Crippen LogP contribution in [0.25, 0.3) is 0 Å². The highest BCUT2D eigenvalue weighted by Crippen LogP contribution is 2.25. The summed E-state index contributed by atoms with van der Waals surface area (Å²) in [6, 6.07) is 0. The van der Waals surface area contributed by atoms with Crippen molar-refractivity contribution < 1.29 is 0 Å². The first-order valence-corrected chi connectivity index (χ1v) is 7.18. The summed E-state index contributed by atoms with van der Waals surface area (Å²) in [6.45, 7) is 4.50. The first-order chi connectivity index (χ1) is 8.69. The minimum Gasteiger partial charge on any atom is -0.361 e. The van der Waals surface area contributed by atoms with E-state index in [1.165, 1.54) is 32.1 Å². The maximum absolute atomic E-state index is 4.71. The van der Waals surface area contributed by atoms with Crippen LogP contribution in [0.15, 0.2) is 12.4 Å². The average molecular weight is 249 g/mol. The fraction of sp³-hybridized carbons (Fsp3) is 0.733. The van der Waals surface area contributed by atoms with Gasteiger partial charge in [0.1, 0.15) is 5.82 Å². The van der Waals surface area contributed by atoms with Crippen LogP contribution in [0.4, 0.5) is 5.82 Å². The van der Waals surface area contributed by atoms with Gasteiger partial charge in [-0.3, -0.25) is 4.98 Å². The lowest BCUT2D eigenvalue weighted by Gasteiger charge is -2.17. The third-order valence-electron chi connectivity index (χ3n) is 3.42. The quantitative estimate of drug-likeness (QED) is 0.652. The van der Waals surface area contributed by atoms with E-state index in [0.717, 1.165) is 17.9 Å². The van der Waals surface area contributed by atoms with Gasteiger partial charge in [-0.15, -0.1) is 0 Å². The molecule has 1 rings (SSSR count). The molecule has 1 atom stereocenters. The number of aromatic nitrogens is 2. The molecule has 1 heterocycles. The third kappa shape index (κ3) is 4.63. The van der Waals surface area contributed by atoms with Crippen LogP contribution in [-0.2, 0) is 0 Å². The van der Waals surface area contributed by atoms with E-state index in [1.807, 2.05) is 31.4 Å². The van der Waals surface area contributed by atoms with Crippen LogP contribution >= 0.6 is 0 Å². The lowest BCUT2D eigenvalue weighted by Crippen LogP contribution is -2.13. The first-order valence-electron chi connectivity index (χ1n) is 7.18. The summed E-state index contributed by atoms with van der Waals surface area (Å²) >= 11 is 0. The Morgan fingerprint density at radius 2 is 1.89 bits per heavy atom. The molecule has 3 nitrogen and oxygen atoms in total. The maximum atomic E-state index is 4.71. The molecule has 0 aliphatic rings. The van der Waals surface area contributed by atoms with E-state index in [0.29, 0.717) is 5.92 Å². The summed E-state index contributed by atoms with van der Waals surface area (Å²) in [7, 11) is 4.02. The second-order valence-corrected chi connectivity index (χ2v) is 5.15. The van der Waals surface area contributed by atoms with Crippen LogP contribution in [0.5, 0.6) is 0 Å². The van der Waals surface area contributed by atoms with Crippen LogP contribution in [0.3, 0.4) is 0 Å². The number of hydrogen-bond acceptors (Lipinski definition) is 3. The molecule has 0 saturated heterocycles. The van der Waals surface area contributed by atoms with Gasteiger partial charge >= 0.3 is 0 Å². The Balaban J connectivity index is 2.60. The summed E-state index contributed by atoms with van der Waals surface area (Å²) in [6.07, 6.45) is 11.4. The van der Waals surface area contributed by atoms with Crippen molar-refractivity contribution in [3.8, 4) is 0 Å². The van der Waals surface area contributed by atoms with Gasteiger partial charge < -0.3 is 4.90 Å². The van der Waals surface area contributed by atoms with Crippen LogP contribution in [-0.4, -0.2) is 24.1 Å². The molecule has 0 aromatic carbocycles. The highest BCUT2D eigenvalue weighted by Gasteiger charge is 2.12. The molecule has 0 radical (unpaired) electrons. The molecule has 3 heteroatoms. The topological polar surface area (TPSA) is 29.0 Å². The van der Waals surface area contributed by atoms with Crippen molar-refractivity contribution in [2.75, 3.05) is 19.0 Å². The highest BCUT2D eigenvalue weighted by atomic mass is 15.1. The summed E-state index contributed by atoms with van der Waals surface area (Å²) < 4.78 is 0. The zero-order chi connectivity index (χ0) is 13.4. The van der Waals surface area contributed by atoms with Gasteiger partial charge in [0.05, 0.1) is 11.9 Å². The second kappa shape index (κ2) is 8.06. The Morgan fingerprint density at radius 1 is 1.11 bits per heavy atom. The summed E-state index contributed by atoms with van der Waals surface area (Å²) in [5.74, 6) is 1.52. The third-order valence-corrected chi connectivity index (χ3v) is 3.42. The fourth-order valence-electron chi connectivity index (χ4n) is 2.16. The molecular formula is C15H27N3. The van der Waals surface area contributed by atoms with Gasteiger partial charge in [0.2, 0.25) is 0 Å². The first kappa shape index (κ1) is 14.9. The number of nitrogens with zero attached hydrogens (tertiary/aromatic N) is 3. The predicted molar refractivity (Wildman–Crippen MR) is 78.2 cm³/mol. The maximum Gasteiger partial charge on any atom is 0.146 e. The number of hydrogen-bond donors (Lipinski definition) is 0. The van der Waals surface area contributed by atoms with Gasteiger partial charge in [-0.25, -0.2) is 4.98 Å². The highest BCUT2D eigenvalue weighted by molar-refractivity contribution is 5.34. The van der Waals surface area contributed by atoms with Gasteiger partial charge in [0.15, 0.2) is 0 Å². The molecule has 0 saturated carbocycles. The Labute approximate surface area is 112 Å². The van der Waals surface area contributed by atoms with E-state index in [2.05, 4.69) is 18.8 Å². The van der Waals surface area contributed by atoms with E-state index < -0.39 is 0 Å². The predicted octanol–water partition coefficient (Wildman–Crippen LogP) is 4.01. The SMILES string of the molecule is CCCCCCC(CC)c1cncc(N(C)C)n1. The van der Waals surface area contributed by atoms with Crippen LogP contribution in [0.2, 0.25) is 0 Å². The van der Waals surface area contributed by atoms with E-state index in [1.54, 1.807) is 0 Å². The second-order valence-electron chi connectivity index (χ2n) is 5.15. The van der Waals surface area contributed by atoms with Gasteiger partial charge in [-0.1, -0.05) is 39.5 Å². The minimum atomic E-state index is 0.564. The molecule has 0 aliphatic heterocycles. The Kier molecular flexibility index (Phi) is 6.69. The van der Waals surface area contributed by atoms with E-state index >= 15 is 0 Å². The van der Waals surface area contributed by atoms with E-state index in [-0.39, 0.29) is 0 Å². The largest absolute Gasteiger partial charge is 0.361 e. The van der Waals surface area contributed by atoms with Crippen LogP contribution < -0.4 is 4.90 Å². The van der Waals surface area contributed by atoms with Crippen molar-refractivity contribution in [3.63, 3.8) is 0 Å². The summed E-state index contributed by atoms with van der Waals surface area (Å²) in [5.41, 5.74) is 1.15. The standard InChI is InChI=1S/C15H27N3/c1-5-7-8-9-10-13(6-2)14-11-16-12-15(17-14)18(3)4/h11-13H,5-10H2,1-4H3. The normalized spacial score (nSPS) is 12.4. The molecule has 0 spiro atoms. The van der Waals surface area contributed by atoms with Gasteiger partial charge in [-0.05, 0) is 12.8 Å². The molecule has 1 aromatic rings. The molecule has 18 heavy (non-hydrogen) atoms. The van der Waals surface area contributed by atoms with Crippen molar-refractivity contribution in [1.82, 2.24) is 9.97 Å². The Morgan fingerprint density at radius 3 is 2.50 bits per heavy atom. The summed E-state index contributed by atoms with van der Waals surface area (Å²) in [5, 5.41) is 0. The van der Waals surface area contributed by atoms with Crippen molar-refractivity contribution >= 4 is 5.82 Å². The van der Waals surface area contributed by atoms with Crippen molar-refractivity contribution in [1.29, 1.82) is 0 Å². The smallest absolute Gasteiger partial charge is 0.146 e. The molecule has 0 amide bonds. The minimum absolute atomic E-state index is 0.564. The number of anilines is 1. The monoisotopic (exact) mass is 249 g/mol. The zero-order valence-corrected chi connectivity index (χ0v) is 12.3. The molecule has 0 bridgehead atoms.